The van der Waals surface area contributed by atoms with Gasteiger partial charge < -0.3 is 10.2 Å². The summed E-state index contributed by atoms with van der Waals surface area (Å²) in [6.07, 6.45) is 1.20. The SMILES string of the molecule is CCC(C)C1CN(c2cc(Cl)ccc2Br)C(C(C)C)CN1. The van der Waals surface area contributed by atoms with Crippen LogP contribution in [0.15, 0.2) is 22.7 Å². The highest BCUT2D eigenvalue weighted by molar-refractivity contribution is 9.10. The van der Waals surface area contributed by atoms with Gasteiger partial charge in [-0.25, -0.2) is 0 Å². The summed E-state index contributed by atoms with van der Waals surface area (Å²) in [5.41, 5.74) is 1.22. The molecule has 3 atom stereocenters. The first-order chi connectivity index (χ1) is 9.93. The summed E-state index contributed by atoms with van der Waals surface area (Å²) in [5.74, 6) is 1.28. The lowest BCUT2D eigenvalue weighted by atomic mass is 9.91. The standard InChI is InChI=1S/C17H26BrClN2/c1-5-12(4)15-10-21(17(9-20-15)11(2)3)16-8-13(19)6-7-14(16)18/h6-8,11-12,15,17,20H,5,9-10H2,1-4H3. The summed E-state index contributed by atoms with van der Waals surface area (Å²) < 4.78 is 1.13. The number of nitrogens with zero attached hydrogens (tertiary/aromatic N) is 1. The molecule has 1 fully saturated rings. The lowest BCUT2D eigenvalue weighted by molar-refractivity contribution is 0.281. The van der Waals surface area contributed by atoms with Crippen molar-refractivity contribution in [3.63, 3.8) is 0 Å². The molecule has 1 heterocycles. The Morgan fingerprint density at radius 1 is 1.38 bits per heavy atom. The predicted octanol–water partition coefficient (Wildman–Crippen LogP) is 4.95. The fourth-order valence-electron chi connectivity index (χ4n) is 3.04. The fraction of sp³-hybridized carbons (Fsp3) is 0.647. The Balaban J connectivity index is 2.31. The third-order valence-electron chi connectivity index (χ3n) is 4.70. The van der Waals surface area contributed by atoms with Gasteiger partial charge in [0.2, 0.25) is 0 Å². The highest BCUT2D eigenvalue weighted by atomic mass is 79.9. The van der Waals surface area contributed by atoms with Crippen LogP contribution in [0.2, 0.25) is 5.02 Å². The van der Waals surface area contributed by atoms with Crippen molar-refractivity contribution in [1.82, 2.24) is 5.32 Å². The van der Waals surface area contributed by atoms with Gasteiger partial charge in [-0.2, -0.15) is 0 Å². The maximum Gasteiger partial charge on any atom is 0.0529 e. The molecule has 1 N–H and O–H groups in total. The second kappa shape index (κ2) is 7.34. The number of hydrogen-bond acceptors (Lipinski definition) is 2. The van der Waals surface area contributed by atoms with E-state index in [0.717, 1.165) is 22.6 Å². The van der Waals surface area contributed by atoms with Crippen LogP contribution in [0.1, 0.15) is 34.1 Å². The van der Waals surface area contributed by atoms with Gasteiger partial charge in [0, 0.05) is 34.7 Å². The zero-order valence-electron chi connectivity index (χ0n) is 13.4. The highest BCUT2D eigenvalue weighted by Crippen LogP contribution is 2.34. The molecule has 4 heteroatoms. The molecule has 2 rings (SSSR count). The molecule has 1 aliphatic rings. The zero-order valence-corrected chi connectivity index (χ0v) is 15.7. The molecule has 1 aromatic carbocycles. The minimum atomic E-state index is 0.500. The van der Waals surface area contributed by atoms with Gasteiger partial charge in [-0.15, -0.1) is 0 Å². The second-order valence-electron chi connectivity index (χ2n) is 6.46. The smallest absolute Gasteiger partial charge is 0.0529 e. The van der Waals surface area contributed by atoms with Crippen molar-refractivity contribution in [2.45, 2.75) is 46.2 Å². The quantitative estimate of drug-likeness (QED) is 0.803. The first-order valence-corrected chi connectivity index (χ1v) is 9.06. The molecule has 2 nitrogen and oxygen atoms in total. The molecular weight excluding hydrogens is 348 g/mol. The van der Waals surface area contributed by atoms with Gasteiger partial charge in [-0.3, -0.25) is 0 Å². The van der Waals surface area contributed by atoms with Crippen LogP contribution >= 0.6 is 27.5 Å². The van der Waals surface area contributed by atoms with E-state index >= 15 is 0 Å². The third-order valence-corrected chi connectivity index (χ3v) is 5.61. The number of halogens is 2. The highest BCUT2D eigenvalue weighted by Gasteiger charge is 2.32. The number of piperazine rings is 1. The molecule has 1 aromatic rings. The summed E-state index contributed by atoms with van der Waals surface area (Å²) in [6.45, 7) is 11.3. The van der Waals surface area contributed by atoms with E-state index in [1.807, 2.05) is 6.07 Å². The van der Waals surface area contributed by atoms with E-state index in [1.54, 1.807) is 0 Å². The number of rotatable bonds is 4. The molecule has 0 radical (unpaired) electrons. The molecular formula is C17H26BrClN2. The Morgan fingerprint density at radius 3 is 2.71 bits per heavy atom. The van der Waals surface area contributed by atoms with Crippen LogP contribution in [0.4, 0.5) is 5.69 Å². The van der Waals surface area contributed by atoms with Crippen molar-refractivity contribution < 1.29 is 0 Å². The van der Waals surface area contributed by atoms with Gasteiger partial charge in [-0.1, -0.05) is 45.7 Å². The Labute approximate surface area is 142 Å². The van der Waals surface area contributed by atoms with Crippen LogP contribution in [0.5, 0.6) is 0 Å². The van der Waals surface area contributed by atoms with Crippen molar-refractivity contribution in [3.05, 3.63) is 27.7 Å². The summed E-state index contributed by atoms with van der Waals surface area (Å²) in [5, 5.41) is 4.55. The Morgan fingerprint density at radius 2 is 2.10 bits per heavy atom. The minimum Gasteiger partial charge on any atom is -0.364 e. The van der Waals surface area contributed by atoms with Crippen molar-refractivity contribution in [2.75, 3.05) is 18.0 Å². The molecule has 0 saturated carbocycles. The first kappa shape index (κ1) is 17.1. The van der Waals surface area contributed by atoms with Crippen LogP contribution in [-0.2, 0) is 0 Å². The van der Waals surface area contributed by atoms with Crippen LogP contribution < -0.4 is 10.2 Å². The van der Waals surface area contributed by atoms with Crippen molar-refractivity contribution in [2.24, 2.45) is 11.8 Å². The Bertz CT molecular complexity index is 478. The van der Waals surface area contributed by atoms with E-state index in [0.29, 0.717) is 23.9 Å². The molecule has 1 saturated heterocycles. The monoisotopic (exact) mass is 372 g/mol. The minimum absolute atomic E-state index is 0.500. The molecule has 0 spiro atoms. The van der Waals surface area contributed by atoms with Crippen LogP contribution in [0.3, 0.4) is 0 Å². The molecule has 0 amide bonds. The number of nitrogens with one attached hydrogen (secondary N) is 1. The topological polar surface area (TPSA) is 15.3 Å². The van der Waals surface area contributed by atoms with Gasteiger partial charge in [0.25, 0.3) is 0 Å². The lowest BCUT2D eigenvalue weighted by Gasteiger charge is -2.45. The third kappa shape index (κ3) is 3.94. The number of benzene rings is 1. The molecule has 1 aliphatic heterocycles. The van der Waals surface area contributed by atoms with Gasteiger partial charge in [0.1, 0.15) is 0 Å². The summed E-state index contributed by atoms with van der Waals surface area (Å²) >= 11 is 9.92. The normalized spacial score (nSPS) is 24.4. The largest absolute Gasteiger partial charge is 0.364 e. The van der Waals surface area contributed by atoms with Gasteiger partial charge >= 0.3 is 0 Å². The molecule has 21 heavy (non-hydrogen) atoms. The van der Waals surface area contributed by atoms with E-state index in [2.05, 4.69) is 66.0 Å². The van der Waals surface area contributed by atoms with E-state index in [-0.39, 0.29) is 0 Å². The maximum atomic E-state index is 6.23. The summed E-state index contributed by atoms with van der Waals surface area (Å²) in [6, 6.07) is 7.11. The molecule has 0 aliphatic carbocycles. The summed E-state index contributed by atoms with van der Waals surface area (Å²) in [7, 11) is 0. The van der Waals surface area contributed by atoms with E-state index in [1.165, 1.54) is 12.1 Å². The number of hydrogen-bond donors (Lipinski definition) is 1. The molecule has 0 aromatic heterocycles. The lowest BCUT2D eigenvalue weighted by Crippen LogP contribution is -2.60. The van der Waals surface area contributed by atoms with E-state index in [4.69, 9.17) is 11.6 Å². The predicted molar refractivity (Wildman–Crippen MR) is 96.4 cm³/mol. The van der Waals surface area contributed by atoms with Crippen LogP contribution in [-0.4, -0.2) is 25.2 Å². The molecule has 118 valence electrons. The van der Waals surface area contributed by atoms with Gasteiger partial charge in [0.05, 0.1) is 5.69 Å². The number of anilines is 1. The zero-order chi connectivity index (χ0) is 15.6. The van der Waals surface area contributed by atoms with Crippen LogP contribution in [0, 0.1) is 11.8 Å². The van der Waals surface area contributed by atoms with E-state index in [9.17, 15) is 0 Å². The maximum absolute atomic E-state index is 6.23. The molecule has 0 bridgehead atoms. The van der Waals surface area contributed by atoms with Crippen LogP contribution in [0.25, 0.3) is 0 Å². The summed E-state index contributed by atoms with van der Waals surface area (Å²) in [4.78, 5) is 2.54. The van der Waals surface area contributed by atoms with Crippen molar-refractivity contribution >= 4 is 33.2 Å². The molecule has 3 unspecified atom stereocenters. The average molecular weight is 374 g/mol. The average Bonchev–Trinajstić information content (AvgIpc) is 2.48. The Kier molecular flexibility index (Phi) is 5.98. The Hall–Kier alpha value is -0.250. The van der Waals surface area contributed by atoms with Crippen molar-refractivity contribution in [1.29, 1.82) is 0 Å². The fourth-order valence-corrected chi connectivity index (χ4v) is 3.68. The van der Waals surface area contributed by atoms with Gasteiger partial charge in [-0.05, 0) is 46.0 Å². The van der Waals surface area contributed by atoms with E-state index < -0.39 is 0 Å². The van der Waals surface area contributed by atoms with Gasteiger partial charge in [0.15, 0.2) is 0 Å². The van der Waals surface area contributed by atoms with Crippen molar-refractivity contribution in [3.8, 4) is 0 Å². The first-order valence-electron chi connectivity index (χ1n) is 7.89. The second-order valence-corrected chi connectivity index (χ2v) is 7.75.